The zero-order chi connectivity index (χ0) is 24.1. The number of nitrogens with one attached hydrogen (secondary N) is 1. The van der Waals surface area contributed by atoms with Crippen LogP contribution in [0.25, 0.3) is 17.0 Å². The molecule has 0 saturated heterocycles. The molecule has 2 heterocycles. The molecule has 0 aliphatic carbocycles. The Morgan fingerprint density at radius 1 is 1.27 bits per heavy atom. The van der Waals surface area contributed by atoms with Crippen LogP contribution in [0.4, 0.5) is 13.2 Å². The van der Waals surface area contributed by atoms with Crippen molar-refractivity contribution in [2.45, 2.75) is 51.4 Å². The predicted octanol–water partition coefficient (Wildman–Crippen LogP) is 5.80. The molecule has 1 aromatic heterocycles. The van der Waals surface area contributed by atoms with Gasteiger partial charge in [0.15, 0.2) is 0 Å². The van der Waals surface area contributed by atoms with E-state index in [1.54, 1.807) is 6.92 Å². The number of rotatable bonds is 5. The van der Waals surface area contributed by atoms with E-state index in [0.29, 0.717) is 12.1 Å². The number of aromatic nitrogens is 1. The Balaban J connectivity index is 1.99. The third kappa shape index (κ3) is 4.06. The van der Waals surface area contributed by atoms with Crippen LogP contribution < -0.4 is 0 Å². The molecule has 0 spiro atoms. The van der Waals surface area contributed by atoms with Gasteiger partial charge in [-0.15, -0.1) is 0 Å². The zero-order valence-corrected chi connectivity index (χ0v) is 19.0. The molecule has 2 N–H and O–H groups in total. The molecule has 0 amide bonds. The fourth-order valence-corrected chi connectivity index (χ4v) is 5.13. The number of halogens is 3. The van der Waals surface area contributed by atoms with Crippen LogP contribution in [-0.4, -0.2) is 39.2 Å². The summed E-state index contributed by atoms with van der Waals surface area (Å²) >= 11 is 0. The second-order valence-corrected chi connectivity index (χ2v) is 9.53. The van der Waals surface area contributed by atoms with E-state index in [1.807, 2.05) is 36.1 Å². The number of hydrogen-bond acceptors (Lipinski definition) is 2. The fraction of sp³-hybridized carbons (Fsp3) is 0.346. The van der Waals surface area contributed by atoms with Gasteiger partial charge in [0.25, 0.3) is 0 Å². The molecule has 33 heavy (non-hydrogen) atoms. The summed E-state index contributed by atoms with van der Waals surface area (Å²) in [6.45, 7) is 6.53. The van der Waals surface area contributed by atoms with Gasteiger partial charge in [-0.1, -0.05) is 18.2 Å². The SMILES string of the molecule is CC1Cc2c([nH]c3ccccc23)C(C)(c2c(F)cc(/C=C/C(=O)O)cc2F)N1CC(C)(C)F. The number of alkyl halides is 1. The first-order valence-electron chi connectivity index (χ1n) is 10.9. The molecule has 0 saturated carbocycles. The molecule has 7 heteroatoms. The summed E-state index contributed by atoms with van der Waals surface area (Å²) in [7, 11) is 0. The largest absolute Gasteiger partial charge is 0.478 e. The first-order chi connectivity index (χ1) is 15.4. The standard InChI is InChI=1S/C26H27F3N2O2/c1-15-11-18-17-7-5-6-8-21(17)30-24(18)26(4,31(15)14-25(2,3)29)23-19(27)12-16(13-20(23)28)9-10-22(32)33/h5-10,12-13,15,30H,11,14H2,1-4H3,(H,32,33)/b10-9+. The monoisotopic (exact) mass is 456 g/mol. The lowest BCUT2D eigenvalue weighted by atomic mass is 9.77. The predicted molar refractivity (Wildman–Crippen MR) is 123 cm³/mol. The number of H-pyrrole nitrogens is 1. The van der Waals surface area contributed by atoms with Crippen molar-refractivity contribution >= 4 is 22.9 Å². The van der Waals surface area contributed by atoms with Gasteiger partial charge in [0.05, 0.1) is 5.54 Å². The van der Waals surface area contributed by atoms with Crippen molar-refractivity contribution in [1.82, 2.24) is 9.88 Å². The molecule has 0 bridgehead atoms. The molecule has 4 nitrogen and oxygen atoms in total. The van der Waals surface area contributed by atoms with Crippen LogP contribution >= 0.6 is 0 Å². The Bertz CT molecular complexity index is 1240. The van der Waals surface area contributed by atoms with Crippen LogP contribution in [-0.2, 0) is 16.8 Å². The van der Waals surface area contributed by atoms with E-state index < -0.39 is 28.8 Å². The van der Waals surface area contributed by atoms with Crippen molar-refractivity contribution in [3.63, 3.8) is 0 Å². The van der Waals surface area contributed by atoms with Gasteiger partial charge in [0.1, 0.15) is 17.3 Å². The number of aliphatic carboxylic acids is 1. The molecular formula is C26H27F3N2O2. The van der Waals surface area contributed by atoms with Gasteiger partial charge in [-0.2, -0.15) is 0 Å². The summed E-state index contributed by atoms with van der Waals surface area (Å²) in [6, 6.07) is 9.72. The van der Waals surface area contributed by atoms with Crippen LogP contribution in [0.5, 0.6) is 0 Å². The molecule has 0 fully saturated rings. The van der Waals surface area contributed by atoms with Crippen molar-refractivity contribution < 1.29 is 23.1 Å². The minimum Gasteiger partial charge on any atom is -0.478 e. The van der Waals surface area contributed by atoms with Crippen LogP contribution in [0, 0.1) is 11.6 Å². The topological polar surface area (TPSA) is 56.3 Å². The Labute approximate surface area is 190 Å². The number of aromatic amines is 1. The summed E-state index contributed by atoms with van der Waals surface area (Å²) in [5, 5.41) is 9.82. The number of carboxylic acids is 1. The molecule has 1 aliphatic rings. The third-order valence-corrected chi connectivity index (χ3v) is 6.42. The Kier molecular flexibility index (Phi) is 5.65. The summed E-state index contributed by atoms with van der Waals surface area (Å²) in [5.41, 5.74) is -0.574. The highest BCUT2D eigenvalue weighted by molar-refractivity contribution is 5.86. The lowest BCUT2D eigenvalue weighted by Gasteiger charge is -2.50. The highest BCUT2D eigenvalue weighted by Gasteiger charge is 2.49. The van der Waals surface area contributed by atoms with E-state index in [4.69, 9.17) is 5.11 Å². The van der Waals surface area contributed by atoms with Gasteiger partial charge in [-0.05, 0) is 69.5 Å². The quantitative estimate of drug-likeness (QED) is 0.477. The number of nitrogens with zero attached hydrogens (tertiary/aromatic N) is 1. The number of para-hydroxylation sites is 1. The Morgan fingerprint density at radius 3 is 2.52 bits per heavy atom. The normalized spacial score (nSPS) is 21.6. The number of carboxylic acid groups (broad SMARTS) is 1. The molecule has 4 rings (SSSR count). The maximum atomic E-state index is 15.6. The molecule has 1 aliphatic heterocycles. The van der Waals surface area contributed by atoms with Crippen LogP contribution in [0.1, 0.15) is 50.1 Å². The third-order valence-electron chi connectivity index (χ3n) is 6.42. The van der Waals surface area contributed by atoms with E-state index in [0.717, 1.165) is 40.8 Å². The van der Waals surface area contributed by atoms with Crippen molar-refractivity contribution in [2.24, 2.45) is 0 Å². The zero-order valence-electron chi connectivity index (χ0n) is 19.0. The summed E-state index contributed by atoms with van der Waals surface area (Å²) in [4.78, 5) is 16.0. The van der Waals surface area contributed by atoms with Crippen LogP contribution in [0.3, 0.4) is 0 Å². The number of fused-ring (bicyclic) bond motifs is 3. The van der Waals surface area contributed by atoms with Crippen molar-refractivity contribution in [3.8, 4) is 0 Å². The van der Waals surface area contributed by atoms with Crippen molar-refractivity contribution in [3.05, 3.63) is 76.5 Å². The number of hydrogen-bond donors (Lipinski definition) is 2. The minimum atomic E-state index is -1.60. The summed E-state index contributed by atoms with van der Waals surface area (Å²) in [6.07, 6.45) is 2.57. The van der Waals surface area contributed by atoms with E-state index in [-0.39, 0.29) is 23.7 Å². The number of benzene rings is 2. The average molecular weight is 457 g/mol. The molecule has 0 radical (unpaired) electrons. The van der Waals surface area contributed by atoms with E-state index in [2.05, 4.69) is 4.98 Å². The van der Waals surface area contributed by atoms with Crippen molar-refractivity contribution in [2.75, 3.05) is 6.54 Å². The van der Waals surface area contributed by atoms with E-state index >= 15 is 8.78 Å². The maximum Gasteiger partial charge on any atom is 0.328 e. The van der Waals surface area contributed by atoms with Crippen LogP contribution in [0.2, 0.25) is 0 Å². The van der Waals surface area contributed by atoms with Gasteiger partial charge in [-0.3, -0.25) is 4.90 Å². The Hall–Kier alpha value is -3.06. The lowest BCUT2D eigenvalue weighted by molar-refractivity contribution is -0.131. The first-order valence-corrected chi connectivity index (χ1v) is 10.9. The molecule has 2 unspecified atom stereocenters. The van der Waals surface area contributed by atoms with Gasteiger partial charge in [0, 0.05) is 40.8 Å². The van der Waals surface area contributed by atoms with Crippen LogP contribution in [0.15, 0.2) is 42.5 Å². The maximum absolute atomic E-state index is 15.6. The van der Waals surface area contributed by atoms with Gasteiger partial charge >= 0.3 is 5.97 Å². The van der Waals surface area contributed by atoms with Gasteiger partial charge in [0.2, 0.25) is 0 Å². The minimum absolute atomic E-state index is 0.0287. The van der Waals surface area contributed by atoms with Crippen molar-refractivity contribution in [1.29, 1.82) is 0 Å². The molecular weight excluding hydrogens is 429 g/mol. The summed E-state index contributed by atoms with van der Waals surface area (Å²) in [5.74, 6) is -2.85. The lowest BCUT2D eigenvalue weighted by Crippen LogP contribution is -2.57. The highest BCUT2D eigenvalue weighted by Crippen LogP contribution is 2.47. The number of carbonyl (C=O) groups is 1. The first kappa shape index (κ1) is 23.1. The average Bonchev–Trinajstić information content (AvgIpc) is 3.08. The second-order valence-electron chi connectivity index (χ2n) is 9.53. The van der Waals surface area contributed by atoms with Gasteiger partial charge in [-0.25, -0.2) is 18.0 Å². The summed E-state index contributed by atoms with van der Waals surface area (Å²) < 4.78 is 46.1. The molecule has 174 valence electrons. The fourth-order valence-electron chi connectivity index (χ4n) is 5.13. The molecule has 2 aromatic carbocycles. The Morgan fingerprint density at radius 2 is 1.91 bits per heavy atom. The van der Waals surface area contributed by atoms with E-state index in [9.17, 15) is 9.18 Å². The van der Waals surface area contributed by atoms with Gasteiger partial charge < -0.3 is 10.1 Å². The molecule has 2 atom stereocenters. The molecule has 3 aromatic rings. The highest BCUT2D eigenvalue weighted by atomic mass is 19.1. The smallest absolute Gasteiger partial charge is 0.328 e. The van der Waals surface area contributed by atoms with E-state index in [1.165, 1.54) is 13.8 Å². The second kappa shape index (κ2) is 8.06.